The normalized spacial score (nSPS) is 26.9. The van der Waals surface area contributed by atoms with Gasteiger partial charge in [-0.25, -0.2) is 0 Å². The first-order valence-electron chi connectivity index (χ1n) is 6.28. The standard InChI is InChI=1S/C13H25NO2/c1-3-6-13(12-15)7-5-8-14(11-13)9-10-16-4-2/h3,15H,1,4-12H2,2H3. The van der Waals surface area contributed by atoms with Gasteiger partial charge < -0.3 is 14.7 Å². The molecule has 1 atom stereocenters. The van der Waals surface area contributed by atoms with E-state index in [2.05, 4.69) is 11.5 Å². The molecule has 0 aliphatic carbocycles. The van der Waals surface area contributed by atoms with Crippen LogP contribution in [-0.2, 0) is 4.74 Å². The van der Waals surface area contributed by atoms with Crippen molar-refractivity contribution in [1.82, 2.24) is 4.90 Å². The number of nitrogens with zero attached hydrogens (tertiary/aromatic N) is 1. The zero-order chi connectivity index (χ0) is 11.9. The Bertz CT molecular complexity index is 208. The van der Waals surface area contributed by atoms with Gasteiger partial charge in [-0.15, -0.1) is 6.58 Å². The number of rotatable bonds is 7. The predicted molar refractivity (Wildman–Crippen MR) is 66.5 cm³/mol. The third kappa shape index (κ3) is 3.89. The maximum atomic E-state index is 9.56. The van der Waals surface area contributed by atoms with Crippen molar-refractivity contribution in [3.8, 4) is 0 Å². The Morgan fingerprint density at radius 2 is 2.38 bits per heavy atom. The fraction of sp³-hybridized carbons (Fsp3) is 0.846. The minimum Gasteiger partial charge on any atom is -0.396 e. The van der Waals surface area contributed by atoms with E-state index in [1.54, 1.807) is 0 Å². The van der Waals surface area contributed by atoms with Gasteiger partial charge in [-0.2, -0.15) is 0 Å². The highest BCUT2D eigenvalue weighted by molar-refractivity contribution is 4.91. The molecule has 0 spiro atoms. The first kappa shape index (κ1) is 13.7. The second kappa shape index (κ2) is 7.05. The van der Waals surface area contributed by atoms with Gasteiger partial charge in [0, 0.05) is 25.1 Å². The van der Waals surface area contributed by atoms with Crippen LogP contribution in [0.15, 0.2) is 12.7 Å². The third-order valence-electron chi connectivity index (χ3n) is 3.41. The van der Waals surface area contributed by atoms with Gasteiger partial charge in [0.05, 0.1) is 13.2 Å². The molecule has 1 aliphatic rings. The zero-order valence-corrected chi connectivity index (χ0v) is 10.5. The van der Waals surface area contributed by atoms with Crippen LogP contribution >= 0.6 is 0 Å². The van der Waals surface area contributed by atoms with E-state index in [0.29, 0.717) is 0 Å². The quantitative estimate of drug-likeness (QED) is 0.530. The van der Waals surface area contributed by atoms with E-state index in [4.69, 9.17) is 4.74 Å². The van der Waals surface area contributed by atoms with Gasteiger partial charge in [0.15, 0.2) is 0 Å². The molecule has 1 aliphatic heterocycles. The number of hydrogen-bond donors (Lipinski definition) is 1. The molecule has 1 fully saturated rings. The Labute approximate surface area is 99.1 Å². The number of ether oxygens (including phenoxy) is 1. The molecule has 94 valence electrons. The van der Waals surface area contributed by atoms with Crippen molar-refractivity contribution in [2.24, 2.45) is 5.41 Å². The summed E-state index contributed by atoms with van der Waals surface area (Å²) in [7, 11) is 0. The summed E-state index contributed by atoms with van der Waals surface area (Å²) in [6.07, 6.45) is 5.12. The molecule has 0 radical (unpaired) electrons. The monoisotopic (exact) mass is 227 g/mol. The lowest BCUT2D eigenvalue weighted by Crippen LogP contribution is -2.46. The van der Waals surface area contributed by atoms with Gasteiger partial charge in [0.2, 0.25) is 0 Å². The smallest absolute Gasteiger partial charge is 0.0593 e. The highest BCUT2D eigenvalue weighted by atomic mass is 16.5. The van der Waals surface area contributed by atoms with Gasteiger partial charge in [-0.05, 0) is 32.7 Å². The van der Waals surface area contributed by atoms with Gasteiger partial charge in [0.25, 0.3) is 0 Å². The molecule has 0 saturated carbocycles. The summed E-state index contributed by atoms with van der Waals surface area (Å²) in [6.45, 7) is 10.7. The Morgan fingerprint density at radius 1 is 1.56 bits per heavy atom. The third-order valence-corrected chi connectivity index (χ3v) is 3.41. The van der Waals surface area contributed by atoms with E-state index in [9.17, 15) is 5.11 Å². The molecule has 0 bridgehead atoms. The summed E-state index contributed by atoms with van der Waals surface area (Å²) in [5.74, 6) is 0. The van der Waals surface area contributed by atoms with Crippen molar-refractivity contribution in [2.75, 3.05) is 39.5 Å². The number of piperidine rings is 1. The molecule has 0 aromatic rings. The minimum atomic E-state index is 0.0478. The largest absolute Gasteiger partial charge is 0.396 e. The number of hydrogen-bond acceptors (Lipinski definition) is 3. The first-order chi connectivity index (χ1) is 7.76. The average molecular weight is 227 g/mol. The van der Waals surface area contributed by atoms with Crippen LogP contribution in [0.3, 0.4) is 0 Å². The van der Waals surface area contributed by atoms with E-state index >= 15 is 0 Å². The van der Waals surface area contributed by atoms with Gasteiger partial charge in [-0.3, -0.25) is 0 Å². The molecule has 0 aromatic heterocycles. The second-order valence-corrected chi connectivity index (χ2v) is 4.73. The molecule has 0 aromatic carbocycles. The number of allylic oxidation sites excluding steroid dienone is 1. The zero-order valence-electron chi connectivity index (χ0n) is 10.5. The molecule has 0 amide bonds. The Morgan fingerprint density at radius 3 is 3.00 bits per heavy atom. The minimum absolute atomic E-state index is 0.0478. The molecule has 1 N–H and O–H groups in total. The SMILES string of the molecule is C=CCC1(CO)CCCN(CCOCC)C1. The van der Waals surface area contributed by atoms with E-state index in [1.807, 2.05) is 13.0 Å². The highest BCUT2D eigenvalue weighted by Gasteiger charge is 2.33. The topological polar surface area (TPSA) is 32.7 Å². The van der Waals surface area contributed by atoms with Crippen LogP contribution in [0, 0.1) is 5.41 Å². The van der Waals surface area contributed by atoms with E-state index < -0.39 is 0 Å². The van der Waals surface area contributed by atoms with Crippen LogP contribution in [-0.4, -0.2) is 49.5 Å². The fourth-order valence-electron chi connectivity index (χ4n) is 2.51. The van der Waals surface area contributed by atoms with Crippen LogP contribution in [0.2, 0.25) is 0 Å². The summed E-state index contributed by atoms with van der Waals surface area (Å²) >= 11 is 0. The molecule has 1 heterocycles. The molecule has 3 heteroatoms. The molecule has 1 unspecified atom stereocenters. The van der Waals surface area contributed by atoms with Crippen molar-refractivity contribution in [1.29, 1.82) is 0 Å². The number of aliphatic hydroxyl groups excluding tert-OH is 1. The van der Waals surface area contributed by atoms with Gasteiger partial charge in [0.1, 0.15) is 0 Å². The molecule has 16 heavy (non-hydrogen) atoms. The van der Waals surface area contributed by atoms with Gasteiger partial charge >= 0.3 is 0 Å². The molecular weight excluding hydrogens is 202 g/mol. The predicted octanol–water partition coefficient (Wildman–Crippen LogP) is 1.67. The summed E-state index contributed by atoms with van der Waals surface area (Å²) < 4.78 is 5.37. The van der Waals surface area contributed by atoms with E-state index in [-0.39, 0.29) is 12.0 Å². The fourth-order valence-corrected chi connectivity index (χ4v) is 2.51. The molecule has 1 rings (SSSR count). The Balaban J connectivity index is 2.41. The van der Waals surface area contributed by atoms with Crippen LogP contribution < -0.4 is 0 Å². The molecule has 3 nitrogen and oxygen atoms in total. The van der Waals surface area contributed by atoms with Gasteiger partial charge in [-0.1, -0.05) is 6.08 Å². The maximum absolute atomic E-state index is 9.56. The molecule has 1 saturated heterocycles. The Hall–Kier alpha value is -0.380. The van der Waals surface area contributed by atoms with Crippen LogP contribution in [0.4, 0.5) is 0 Å². The van der Waals surface area contributed by atoms with E-state index in [0.717, 1.165) is 45.7 Å². The van der Waals surface area contributed by atoms with E-state index in [1.165, 1.54) is 6.42 Å². The van der Waals surface area contributed by atoms with Crippen LogP contribution in [0.5, 0.6) is 0 Å². The number of aliphatic hydroxyl groups is 1. The average Bonchev–Trinajstić information content (AvgIpc) is 2.30. The summed E-state index contributed by atoms with van der Waals surface area (Å²) in [4.78, 5) is 2.40. The van der Waals surface area contributed by atoms with Crippen molar-refractivity contribution in [3.63, 3.8) is 0 Å². The Kier molecular flexibility index (Phi) is 6.03. The van der Waals surface area contributed by atoms with Crippen molar-refractivity contribution in [2.45, 2.75) is 26.2 Å². The molecular formula is C13H25NO2. The lowest BCUT2D eigenvalue weighted by atomic mass is 9.78. The van der Waals surface area contributed by atoms with Crippen molar-refractivity contribution >= 4 is 0 Å². The lowest BCUT2D eigenvalue weighted by Gasteiger charge is -2.41. The highest BCUT2D eigenvalue weighted by Crippen LogP contribution is 2.33. The van der Waals surface area contributed by atoms with Crippen LogP contribution in [0.1, 0.15) is 26.2 Å². The van der Waals surface area contributed by atoms with Crippen molar-refractivity contribution < 1.29 is 9.84 Å². The second-order valence-electron chi connectivity index (χ2n) is 4.73. The van der Waals surface area contributed by atoms with Crippen molar-refractivity contribution in [3.05, 3.63) is 12.7 Å². The lowest BCUT2D eigenvalue weighted by molar-refractivity contribution is 0.0194. The first-order valence-corrected chi connectivity index (χ1v) is 6.28. The summed E-state index contributed by atoms with van der Waals surface area (Å²) in [5, 5.41) is 9.56. The summed E-state index contributed by atoms with van der Waals surface area (Å²) in [5.41, 5.74) is 0.0478. The maximum Gasteiger partial charge on any atom is 0.0593 e. The summed E-state index contributed by atoms with van der Waals surface area (Å²) in [6, 6.07) is 0. The number of likely N-dealkylation sites (tertiary alicyclic amines) is 1. The van der Waals surface area contributed by atoms with Crippen LogP contribution in [0.25, 0.3) is 0 Å².